The Labute approximate surface area is 111 Å². The first-order chi connectivity index (χ1) is 9.07. The lowest BCUT2D eigenvalue weighted by atomic mass is 9.96. The molecule has 2 rings (SSSR count). The van der Waals surface area contributed by atoms with Crippen LogP contribution in [-0.4, -0.2) is 19.6 Å². The van der Waals surface area contributed by atoms with Crippen LogP contribution in [0, 0.1) is 5.92 Å². The fraction of sp³-hybridized carbons (Fsp3) is 0.571. The smallest absolute Gasteiger partial charge is 0.385 e. The van der Waals surface area contributed by atoms with E-state index in [0.29, 0.717) is 12.5 Å². The Hall–Kier alpha value is -1.23. The SMILES string of the molecule is FC(F)(F)c1ccccc1NCCC1CCCNC1. The van der Waals surface area contributed by atoms with Gasteiger partial charge in [-0.2, -0.15) is 13.2 Å². The van der Waals surface area contributed by atoms with Gasteiger partial charge in [-0.05, 0) is 50.4 Å². The highest BCUT2D eigenvalue weighted by molar-refractivity contribution is 5.52. The first-order valence-electron chi connectivity index (χ1n) is 6.68. The van der Waals surface area contributed by atoms with Gasteiger partial charge in [-0.15, -0.1) is 0 Å². The van der Waals surface area contributed by atoms with Crippen molar-refractivity contribution in [1.82, 2.24) is 5.32 Å². The van der Waals surface area contributed by atoms with E-state index in [1.165, 1.54) is 12.1 Å². The Morgan fingerprint density at radius 2 is 2.05 bits per heavy atom. The largest absolute Gasteiger partial charge is 0.418 e. The van der Waals surface area contributed by atoms with Crippen LogP contribution in [-0.2, 0) is 6.18 Å². The fourth-order valence-electron chi connectivity index (χ4n) is 2.47. The number of para-hydroxylation sites is 1. The van der Waals surface area contributed by atoms with Crippen LogP contribution in [0.2, 0.25) is 0 Å². The Balaban J connectivity index is 1.88. The molecule has 0 spiro atoms. The molecule has 1 aliphatic heterocycles. The van der Waals surface area contributed by atoms with Gasteiger partial charge in [0.25, 0.3) is 0 Å². The third-order valence-corrected chi connectivity index (χ3v) is 3.50. The molecule has 2 N–H and O–H groups in total. The Bertz CT molecular complexity index is 398. The minimum atomic E-state index is -4.30. The molecule has 5 heteroatoms. The minimum Gasteiger partial charge on any atom is -0.385 e. The molecular weight excluding hydrogens is 253 g/mol. The van der Waals surface area contributed by atoms with Gasteiger partial charge in [-0.1, -0.05) is 12.1 Å². The molecule has 1 unspecified atom stereocenters. The second-order valence-electron chi connectivity index (χ2n) is 4.97. The van der Waals surface area contributed by atoms with E-state index in [1.54, 1.807) is 6.07 Å². The third kappa shape index (κ3) is 4.13. The van der Waals surface area contributed by atoms with Gasteiger partial charge in [-0.25, -0.2) is 0 Å². The summed E-state index contributed by atoms with van der Waals surface area (Å²) in [6.07, 6.45) is -1.07. The summed E-state index contributed by atoms with van der Waals surface area (Å²) in [4.78, 5) is 0. The lowest BCUT2D eigenvalue weighted by molar-refractivity contribution is -0.136. The molecule has 0 saturated carbocycles. The molecule has 1 aliphatic rings. The Morgan fingerprint density at radius 3 is 2.74 bits per heavy atom. The van der Waals surface area contributed by atoms with Gasteiger partial charge in [0.1, 0.15) is 0 Å². The molecule has 1 saturated heterocycles. The molecule has 2 nitrogen and oxygen atoms in total. The number of rotatable bonds is 4. The van der Waals surface area contributed by atoms with Crippen molar-refractivity contribution < 1.29 is 13.2 Å². The summed E-state index contributed by atoms with van der Waals surface area (Å²) in [6, 6.07) is 5.64. The predicted octanol–water partition coefficient (Wildman–Crippen LogP) is 3.51. The van der Waals surface area contributed by atoms with Crippen LogP contribution < -0.4 is 10.6 Å². The fourth-order valence-corrected chi connectivity index (χ4v) is 2.47. The minimum absolute atomic E-state index is 0.179. The lowest BCUT2D eigenvalue weighted by Crippen LogP contribution is -2.30. The standard InChI is InChI=1S/C14H19F3N2/c15-14(16,17)12-5-1-2-6-13(12)19-9-7-11-4-3-8-18-10-11/h1-2,5-6,11,18-19H,3-4,7-10H2. The van der Waals surface area contributed by atoms with Crippen molar-refractivity contribution in [3.63, 3.8) is 0 Å². The van der Waals surface area contributed by atoms with Crippen LogP contribution in [0.3, 0.4) is 0 Å². The van der Waals surface area contributed by atoms with E-state index >= 15 is 0 Å². The normalized spacial score (nSPS) is 20.3. The molecule has 19 heavy (non-hydrogen) atoms. The van der Waals surface area contributed by atoms with Gasteiger partial charge in [0, 0.05) is 12.2 Å². The molecule has 0 radical (unpaired) electrons. The first-order valence-corrected chi connectivity index (χ1v) is 6.68. The zero-order valence-corrected chi connectivity index (χ0v) is 10.8. The molecule has 1 fully saturated rings. The maximum absolute atomic E-state index is 12.8. The number of benzene rings is 1. The number of nitrogens with one attached hydrogen (secondary N) is 2. The highest BCUT2D eigenvalue weighted by atomic mass is 19.4. The van der Waals surface area contributed by atoms with E-state index in [0.717, 1.165) is 38.4 Å². The molecule has 1 atom stereocenters. The number of anilines is 1. The summed E-state index contributed by atoms with van der Waals surface area (Å²) in [6.45, 7) is 2.61. The summed E-state index contributed by atoms with van der Waals surface area (Å²) in [5.41, 5.74) is -0.407. The number of halogens is 3. The van der Waals surface area contributed by atoms with Crippen LogP contribution in [0.4, 0.5) is 18.9 Å². The lowest BCUT2D eigenvalue weighted by Gasteiger charge is -2.23. The van der Waals surface area contributed by atoms with Crippen molar-refractivity contribution in [3.8, 4) is 0 Å². The van der Waals surface area contributed by atoms with Crippen molar-refractivity contribution in [2.24, 2.45) is 5.92 Å². The molecule has 1 aromatic carbocycles. The van der Waals surface area contributed by atoms with E-state index < -0.39 is 11.7 Å². The monoisotopic (exact) mass is 272 g/mol. The average Bonchev–Trinajstić information content (AvgIpc) is 2.39. The van der Waals surface area contributed by atoms with Crippen LogP contribution in [0.1, 0.15) is 24.8 Å². The van der Waals surface area contributed by atoms with E-state index in [2.05, 4.69) is 10.6 Å². The van der Waals surface area contributed by atoms with Crippen molar-refractivity contribution in [1.29, 1.82) is 0 Å². The number of hydrogen-bond acceptors (Lipinski definition) is 2. The van der Waals surface area contributed by atoms with E-state index in [1.807, 2.05) is 0 Å². The highest BCUT2D eigenvalue weighted by Crippen LogP contribution is 2.34. The molecule has 0 aliphatic carbocycles. The maximum atomic E-state index is 12.8. The first kappa shape index (κ1) is 14.2. The van der Waals surface area contributed by atoms with Crippen LogP contribution in [0.15, 0.2) is 24.3 Å². The van der Waals surface area contributed by atoms with Gasteiger partial charge < -0.3 is 10.6 Å². The van der Waals surface area contributed by atoms with E-state index in [4.69, 9.17) is 0 Å². The van der Waals surface area contributed by atoms with Crippen LogP contribution >= 0.6 is 0 Å². The second kappa shape index (κ2) is 6.28. The molecule has 0 bridgehead atoms. The van der Waals surface area contributed by atoms with Gasteiger partial charge in [0.05, 0.1) is 5.56 Å². The predicted molar refractivity (Wildman–Crippen MR) is 70.1 cm³/mol. The summed E-state index contributed by atoms with van der Waals surface area (Å²) < 4.78 is 38.3. The van der Waals surface area contributed by atoms with Crippen molar-refractivity contribution >= 4 is 5.69 Å². The van der Waals surface area contributed by atoms with Gasteiger partial charge in [-0.3, -0.25) is 0 Å². The molecule has 0 amide bonds. The van der Waals surface area contributed by atoms with E-state index in [-0.39, 0.29) is 5.69 Å². The van der Waals surface area contributed by atoms with Crippen LogP contribution in [0.25, 0.3) is 0 Å². The third-order valence-electron chi connectivity index (χ3n) is 3.50. The Morgan fingerprint density at radius 1 is 1.26 bits per heavy atom. The summed E-state index contributed by atoms with van der Waals surface area (Å²) >= 11 is 0. The van der Waals surface area contributed by atoms with E-state index in [9.17, 15) is 13.2 Å². The highest BCUT2D eigenvalue weighted by Gasteiger charge is 2.33. The van der Waals surface area contributed by atoms with Crippen LogP contribution in [0.5, 0.6) is 0 Å². The van der Waals surface area contributed by atoms with Crippen molar-refractivity contribution in [3.05, 3.63) is 29.8 Å². The summed E-state index contributed by atoms with van der Waals surface area (Å²) in [5.74, 6) is 0.569. The number of piperidine rings is 1. The zero-order valence-electron chi connectivity index (χ0n) is 10.8. The number of hydrogen-bond donors (Lipinski definition) is 2. The molecule has 1 aromatic rings. The Kier molecular flexibility index (Phi) is 4.69. The van der Waals surface area contributed by atoms with Gasteiger partial charge >= 0.3 is 6.18 Å². The zero-order chi connectivity index (χ0) is 13.7. The van der Waals surface area contributed by atoms with Crippen molar-refractivity contribution in [2.45, 2.75) is 25.4 Å². The van der Waals surface area contributed by atoms with Crippen molar-refractivity contribution in [2.75, 3.05) is 25.0 Å². The number of alkyl halides is 3. The molecular formula is C14H19F3N2. The average molecular weight is 272 g/mol. The summed E-state index contributed by atoms with van der Waals surface area (Å²) in [5, 5.41) is 6.23. The maximum Gasteiger partial charge on any atom is 0.418 e. The summed E-state index contributed by atoms with van der Waals surface area (Å²) in [7, 11) is 0. The van der Waals surface area contributed by atoms with Gasteiger partial charge in [0.2, 0.25) is 0 Å². The quantitative estimate of drug-likeness (QED) is 0.876. The molecule has 0 aromatic heterocycles. The van der Waals surface area contributed by atoms with Gasteiger partial charge in [0.15, 0.2) is 0 Å². The molecule has 1 heterocycles. The second-order valence-corrected chi connectivity index (χ2v) is 4.97. The molecule has 106 valence electrons. The topological polar surface area (TPSA) is 24.1 Å².